The first-order valence-corrected chi connectivity index (χ1v) is 10.7. The van der Waals surface area contributed by atoms with E-state index in [-0.39, 0.29) is 17.2 Å². The fourth-order valence-corrected chi connectivity index (χ4v) is 4.12. The number of thioether (sulfide) groups is 1. The van der Waals surface area contributed by atoms with Crippen molar-refractivity contribution in [2.75, 3.05) is 18.8 Å². The monoisotopic (exact) mass is 439 g/mol. The highest BCUT2D eigenvalue weighted by molar-refractivity contribution is 7.99. The van der Waals surface area contributed by atoms with Crippen molar-refractivity contribution < 1.29 is 4.79 Å². The summed E-state index contributed by atoms with van der Waals surface area (Å²) in [6, 6.07) is 12.6. The lowest BCUT2D eigenvalue weighted by Crippen LogP contribution is -2.33. The Balaban J connectivity index is 2.06. The van der Waals surface area contributed by atoms with Gasteiger partial charge in [-0.15, -0.1) is 13.2 Å². The fraction of sp³-hybridized carbons (Fsp3) is 0.174. The predicted molar refractivity (Wildman–Crippen MR) is 125 cm³/mol. The number of aryl methyl sites for hydroxylation is 1. The maximum atomic E-state index is 13.3. The number of hydrogen-bond acceptors (Lipinski definition) is 4. The number of aromatic nitrogens is 2. The average Bonchev–Trinajstić information content (AvgIpc) is 2.71. The van der Waals surface area contributed by atoms with Crippen LogP contribution in [0.3, 0.4) is 0 Å². The number of nitrogens with zero attached hydrogens (tertiary/aromatic N) is 3. The lowest BCUT2D eigenvalue weighted by molar-refractivity contribution is -0.127. The lowest BCUT2D eigenvalue weighted by atomic mass is 10.2. The van der Waals surface area contributed by atoms with Gasteiger partial charge in [0.1, 0.15) is 0 Å². The maximum Gasteiger partial charge on any atom is 0.266 e. The summed E-state index contributed by atoms with van der Waals surface area (Å²) in [6.07, 6.45) is 3.34. The summed E-state index contributed by atoms with van der Waals surface area (Å²) >= 11 is 7.32. The van der Waals surface area contributed by atoms with Gasteiger partial charge in [0, 0.05) is 18.1 Å². The third kappa shape index (κ3) is 4.83. The van der Waals surface area contributed by atoms with E-state index in [0.717, 1.165) is 5.56 Å². The van der Waals surface area contributed by atoms with E-state index >= 15 is 0 Å². The van der Waals surface area contributed by atoms with E-state index in [4.69, 9.17) is 11.6 Å². The molecule has 0 saturated carbocycles. The Kier molecular flexibility index (Phi) is 7.13. The summed E-state index contributed by atoms with van der Waals surface area (Å²) < 4.78 is 1.55. The Morgan fingerprint density at radius 2 is 1.93 bits per heavy atom. The van der Waals surface area contributed by atoms with Crippen LogP contribution in [0.1, 0.15) is 5.56 Å². The summed E-state index contributed by atoms with van der Waals surface area (Å²) in [5.41, 5.74) is 2.02. The Morgan fingerprint density at radius 3 is 2.60 bits per heavy atom. The molecule has 0 aliphatic heterocycles. The molecule has 0 spiro atoms. The second-order valence-corrected chi connectivity index (χ2v) is 8.08. The Hall–Kier alpha value is -2.83. The van der Waals surface area contributed by atoms with Crippen LogP contribution in [0.15, 0.2) is 77.7 Å². The van der Waals surface area contributed by atoms with Gasteiger partial charge in [-0.25, -0.2) is 4.98 Å². The first kappa shape index (κ1) is 21.9. The summed E-state index contributed by atoms with van der Waals surface area (Å²) in [6.45, 7) is 10.2. The van der Waals surface area contributed by atoms with Gasteiger partial charge in [-0.3, -0.25) is 14.2 Å². The maximum absolute atomic E-state index is 13.3. The number of carbonyl (C=O) groups excluding carboxylic acids is 1. The fourth-order valence-electron chi connectivity index (χ4n) is 3.04. The Morgan fingerprint density at radius 1 is 1.20 bits per heavy atom. The SMILES string of the molecule is C=CCN(CC=C)C(=O)CSc1nc2cc(Cl)ccc2c(=O)n1-c1cccc(C)c1. The molecule has 5 nitrogen and oxygen atoms in total. The van der Waals surface area contributed by atoms with Crippen molar-refractivity contribution in [2.45, 2.75) is 12.1 Å². The van der Waals surface area contributed by atoms with Gasteiger partial charge in [0.05, 0.1) is 22.3 Å². The van der Waals surface area contributed by atoms with Gasteiger partial charge in [-0.2, -0.15) is 0 Å². The van der Waals surface area contributed by atoms with Crippen molar-refractivity contribution in [1.29, 1.82) is 0 Å². The molecule has 0 saturated heterocycles. The van der Waals surface area contributed by atoms with E-state index in [1.54, 1.807) is 39.8 Å². The van der Waals surface area contributed by atoms with E-state index in [1.807, 2.05) is 31.2 Å². The van der Waals surface area contributed by atoms with Crippen LogP contribution in [0.4, 0.5) is 0 Å². The van der Waals surface area contributed by atoms with Crippen LogP contribution in [0.5, 0.6) is 0 Å². The number of fused-ring (bicyclic) bond motifs is 1. The molecule has 3 aromatic rings. The number of hydrogen-bond donors (Lipinski definition) is 0. The van der Waals surface area contributed by atoms with Gasteiger partial charge >= 0.3 is 0 Å². The quantitative estimate of drug-likeness (QED) is 0.291. The molecule has 0 fully saturated rings. The summed E-state index contributed by atoms with van der Waals surface area (Å²) in [5, 5.41) is 1.40. The third-order valence-corrected chi connectivity index (χ3v) is 5.60. The molecule has 154 valence electrons. The highest BCUT2D eigenvalue weighted by atomic mass is 35.5. The standard InChI is InChI=1S/C23H22ClN3O2S/c1-4-11-26(12-5-2)21(28)15-30-23-25-20-14-17(24)9-10-19(20)22(29)27(23)18-8-6-7-16(3)13-18/h4-10,13-14H,1-2,11-12,15H2,3H3. The van der Waals surface area contributed by atoms with Crippen LogP contribution in [0.25, 0.3) is 16.6 Å². The Bertz CT molecular complexity index is 1160. The molecule has 2 aromatic carbocycles. The highest BCUT2D eigenvalue weighted by Crippen LogP contribution is 2.24. The van der Waals surface area contributed by atoms with Gasteiger partial charge in [0.25, 0.3) is 5.56 Å². The van der Waals surface area contributed by atoms with Gasteiger partial charge in [-0.05, 0) is 42.8 Å². The van der Waals surface area contributed by atoms with Gasteiger partial charge in [0.15, 0.2) is 5.16 Å². The van der Waals surface area contributed by atoms with Crippen molar-refractivity contribution in [2.24, 2.45) is 0 Å². The topological polar surface area (TPSA) is 55.2 Å². The first-order valence-electron chi connectivity index (χ1n) is 9.36. The first-order chi connectivity index (χ1) is 14.4. The smallest absolute Gasteiger partial charge is 0.266 e. The molecule has 0 N–H and O–H groups in total. The summed E-state index contributed by atoms with van der Waals surface area (Å²) in [7, 11) is 0. The second-order valence-electron chi connectivity index (χ2n) is 6.70. The van der Waals surface area contributed by atoms with Gasteiger partial charge < -0.3 is 4.90 Å². The normalized spacial score (nSPS) is 10.7. The molecule has 1 amide bonds. The number of carbonyl (C=O) groups is 1. The zero-order valence-corrected chi connectivity index (χ0v) is 18.2. The van der Waals surface area contributed by atoms with Crippen LogP contribution in [0.2, 0.25) is 5.02 Å². The number of benzene rings is 2. The highest BCUT2D eigenvalue weighted by Gasteiger charge is 2.17. The minimum atomic E-state index is -0.203. The van der Waals surface area contributed by atoms with Crippen LogP contribution >= 0.6 is 23.4 Å². The number of amides is 1. The van der Waals surface area contributed by atoms with Crippen LogP contribution < -0.4 is 5.56 Å². The van der Waals surface area contributed by atoms with E-state index in [0.29, 0.717) is 39.9 Å². The van der Waals surface area contributed by atoms with Gasteiger partial charge in [-0.1, -0.05) is 47.6 Å². The number of halogens is 1. The van der Waals surface area contributed by atoms with Crippen molar-refractivity contribution >= 4 is 40.2 Å². The zero-order chi connectivity index (χ0) is 21.7. The molecule has 0 bridgehead atoms. The zero-order valence-electron chi connectivity index (χ0n) is 16.7. The molecular weight excluding hydrogens is 418 g/mol. The van der Waals surface area contributed by atoms with Gasteiger partial charge in [0.2, 0.25) is 5.91 Å². The largest absolute Gasteiger partial charge is 0.335 e. The molecule has 1 aromatic heterocycles. The molecule has 7 heteroatoms. The molecule has 3 rings (SSSR count). The van der Waals surface area contributed by atoms with Crippen molar-refractivity contribution in [3.63, 3.8) is 0 Å². The molecule has 30 heavy (non-hydrogen) atoms. The van der Waals surface area contributed by atoms with Crippen molar-refractivity contribution in [3.8, 4) is 5.69 Å². The van der Waals surface area contributed by atoms with Crippen LogP contribution in [-0.4, -0.2) is 39.2 Å². The number of rotatable bonds is 8. The van der Waals surface area contributed by atoms with E-state index in [1.165, 1.54) is 11.8 Å². The van der Waals surface area contributed by atoms with Crippen molar-refractivity contribution in [1.82, 2.24) is 14.5 Å². The molecule has 0 aliphatic rings. The molecule has 0 aliphatic carbocycles. The molecule has 0 unspecified atom stereocenters. The molecule has 0 atom stereocenters. The predicted octanol–water partition coefficient (Wildman–Crippen LogP) is 4.64. The Labute approximate surface area is 184 Å². The van der Waals surface area contributed by atoms with E-state index in [2.05, 4.69) is 18.1 Å². The second kappa shape index (κ2) is 9.78. The minimum Gasteiger partial charge on any atom is -0.335 e. The third-order valence-electron chi connectivity index (χ3n) is 4.44. The molecule has 0 radical (unpaired) electrons. The average molecular weight is 440 g/mol. The van der Waals surface area contributed by atoms with E-state index < -0.39 is 0 Å². The van der Waals surface area contributed by atoms with Crippen LogP contribution in [-0.2, 0) is 4.79 Å². The minimum absolute atomic E-state index is 0.0870. The molecule has 1 heterocycles. The van der Waals surface area contributed by atoms with Crippen LogP contribution in [0, 0.1) is 6.92 Å². The van der Waals surface area contributed by atoms with E-state index in [9.17, 15) is 9.59 Å². The lowest BCUT2D eigenvalue weighted by Gasteiger charge is -2.19. The van der Waals surface area contributed by atoms with Crippen molar-refractivity contribution in [3.05, 3.63) is 88.7 Å². The summed E-state index contributed by atoms with van der Waals surface area (Å²) in [5.74, 6) is 0.0440. The summed E-state index contributed by atoms with van der Waals surface area (Å²) in [4.78, 5) is 32.3. The molecular formula is C23H22ClN3O2S.